The summed E-state index contributed by atoms with van der Waals surface area (Å²) in [5.74, 6) is -0.321. The van der Waals surface area contributed by atoms with Gasteiger partial charge in [-0.15, -0.1) is 0 Å². The highest BCUT2D eigenvalue weighted by atomic mass is 19.1. The van der Waals surface area contributed by atoms with Gasteiger partial charge in [-0.25, -0.2) is 4.39 Å². The largest absolute Gasteiger partial charge is 0.355 e. The highest BCUT2D eigenvalue weighted by molar-refractivity contribution is 6.05. The van der Waals surface area contributed by atoms with Crippen molar-refractivity contribution in [1.82, 2.24) is 9.88 Å². The Morgan fingerprint density at radius 2 is 1.90 bits per heavy atom. The fourth-order valence-electron chi connectivity index (χ4n) is 3.89. The summed E-state index contributed by atoms with van der Waals surface area (Å²) in [5.41, 5.74) is 4.77. The molecule has 1 saturated heterocycles. The topological polar surface area (TPSA) is 63.1 Å². The second kappa shape index (κ2) is 7.54. The number of carbonyl (C=O) groups is 2. The lowest BCUT2D eigenvalue weighted by molar-refractivity contribution is -0.119. The van der Waals surface area contributed by atoms with Gasteiger partial charge in [-0.3, -0.25) is 9.59 Å². The molecule has 0 aliphatic carbocycles. The molecule has 4 rings (SSSR count). The summed E-state index contributed by atoms with van der Waals surface area (Å²) in [5, 5.41) is 5.79. The zero-order valence-corrected chi connectivity index (χ0v) is 16.3. The van der Waals surface area contributed by atoms with Crippen molar-refractivity contribution >= 4 is 17.5 Å². The van der Waals surface area contributed by atoms with E-state index in [4.69, 9.17) is 0 Å². The molecular weight excluding hydrogens is 369 g/mol. The number of nitrogens with zero attached hydrogens (tertiary/aromatic N) is 1. The Morgan fingerprint density at radius 3 is 2.59 bits per heavy atom. The quantitative estimate of drug-likeness (QED) is 0.704. The first-order valence-corrected chi connectivity index (χ1v) is 9.55. The van der Waals surface area contributed by atoms with Crippen LogP contribution in [0.25, 0.3) is 5.69 Å². The van der Waals surface area contributed by atoms with E-state index in [-0.39, 0.29) is 23.5 Å². The second-order valence-corrected chi connectivity index (χ2v) is 7.38. The molecule has 2 heterocycles. The van der Waals surface area contributed by atoms with Crippen molar-refractivity contribution in [3.63, 3.8) is 0 Å². The van der Waals surface area contributed by atoms with E-state index in [0.29, 0.717) is 24.2 Å². The lowest BCUT2D eigenvalue weighted by atomic mass is 9.98. The Bertz CT molecular complexity index is 1090. The first-order valence-electron chi connectivity index (χ1n) is 9.55. The third-order valence-corrected chi connectivity index (χ3v) is 5.35. The molecule has 2 N–H and O–H groups in total. The van der Waals surface area contributed by atoms with E-state index in [0.717, 1.165) is 22.6 Å². The molecule has 1 aliphatic rings. The van der Waals surface area contributed by atoms with Gasteiger partial charge in [-0.2, -0.15) is 0 Å². The smallest absolute Gasteiger partial charge is 0.257 e. The maximum atomic E-state index is 13.2. The van der Waals surface area contributed by atoms with Crippen LogP contribution in [0.4, 0.5) is 10.1 Å². The Labute approximate surface area is 168 Å². The molecule has 29 heavy (non-hydrogen) atoms. The minimum Gasteiger partial charge on any atom is -0.355 e. The molecule has 0 spiro atoms. The van der Waals surface area contributed by atoms with Crippen LogP contribution in [0.15, 0.2) is 54.6 Å². The van der Waals surface area contributed by atoms with Gasteiger partial charge in [0.15, 0.2) is 0 Å². The van der Waals surface area contributed by atoms with Crippen molar-refractivity contribution in [2.24, 2.45) is 0 Å². The average Bonchev–Trinajstić information content (AvgIpc) is 3.26. The van der Waals surface area contributed by atoms with E-state index in [1.54, 1.807) is 12.1 Å². The lowest BCUT2D eigenvalue weighted by Crippen LogP contribution is -2.14. The van der Waals surface area contributed by atoms with Crippen molar-refractivity contribution in [2.75, 3.05) is 11.9 Å². The van der Waals surface area contributed by atoms with Crippen LogP contribution in [0.1, 0.15) is 39.6 Å². The van der Waals surface area contributed by atoms with E-state index in [1.165, 1.54) is 12.1 Å². The SMILES string of the molecule is Cc1cc(C(=O)Nc2cccc([C@H]3CNC(=O)C3)c2)c(C)n1-c1ccc(F)cc1. The van der Waals surface area contributed by atoms with Gasteiger partial charge in [0, 0.05) is 41.6 Å². The van der Waals surface area contributed by atoms with E-state index >= 15 is 0 Å². The maximum absolute atomic E-state index is 13.2. The molecule has 0 radical (unpaired) electrons. The zero-order valence-electron chi connectivity index (χ0n) is 16.3. The first-order chi connectivity index (χ1) is 13.9. The van der Waals surface area contributed by atoms with Gasteiger partial charge in [-0.1, -0.05) is 12.1 Å². The molecule has 1 atom stereocenters. The predicted octanol–water partition coefficient (Wildman–Crippen LogP) is 4.09. The maximum Gasteiger partial charge on any atom is 0.257 e. The fraction of sp³-hybridized carbons (Fsp3) is 0.217. The second-order valence-electron chi connectivity index (χ2n) is 7.38. The number of hydrogen-bond donors (Lipinski definition) is 2. The summed E-state index contributed by atoms with van der Waals surface area (Å²) in [7, 11) is 0. The van der Waals surface area contributed by atoms with Crippen LogP contribution >= 0.6 is 0 Å². The van der Waals surface area contributed by atoms with Crippen LogP contribution in [-0.4, -0.2) is 22.9 Å². The number of carbonyl (C=O) groups excluding carboxylic acids is 2. The van der Waals surface area contributed by atoms with Crippen molar-refractivity contribution < 1.29 is 14.0 Å². The summed E-state index contributed by atoms with van der Waals surface area (Å²) in [6, 6.07) is 15.6. The zero-order chi connectivity index (χ0) is 20.5. The van der Waals surface area contributed by atoms with Crippen molar-refractivity contribution in [2.45, 2.75) is 26.2 Å². The summed E-state index contributed by atoms with van der Waals surface area (Å²) >= 11 is 0. The number of hydrogen-bond acceptors (Lipinski definition) is 2. The number of anilines is 1. The Hall–Kier alpha value is -3.41. The molecule has 1 aromatic heterocycles. The van der Waals surface area contributed by atoms with Gasteiger partial charge in [0.1, 0.15) is 5.82 Å². The number of halogens is 1. The van der Waals surface area contributed by atoms with Crippen LogP contribution in [0.5, 0.6) is 0 Å². The van der Waals surface area contributed by atoms with Crippen LogP contribution in [0.2, 0.25) is 0 Å². The predicted molar refractivity (Wildman–Crippen MR) is 110 cm³/mol. The number of rotatable bonds is 4. The summed E-state index contributed by atoms with van der Waals surface area (Å²) in [4.78, 5) is 24.4. The third kappa shape index (κ3) is 3.78. The number of nitrogens with one attached hydrogen (secondary N) is 2. The first kappa shape index (κ1) is 18.9. The van der Waals surface area contributed by atoms with Gasteiger partial charge in [-0.05, 0) is 61.9 Å². The monoisotopic (exact) mass is 391 g/mol. The van der Waals surface area contributed by atoms with Crippen LogP contribution in [0.3, 0.4) is 0 Å². The third-order valence-electron chi connectivity index (χ3n) is 5.35. The number of aromatic nitrogens is 1. The number of benzene rings is 2. The molecule has 6 heteroatoms. The molecule has 1 fully saturated rings. The van der Waals surface area contributed by atoms with Crippen molar-refractivity contribution in [3.05, 3.63) is 82.9 Å². The minimum absolute atomic E-state index is 0.0534. The Morgan fingerprint density at radius 1 is 1.14 bits per heavy atom. The van der Waals surface area contributed by atoms with Gasteiger partial charge >= 0.3 is 0 Å². The minimum atomic E-state index is -0.298. The standard InChI is InChI=1S/C23H22FN3O2/c1-14-10-21(15(2)27(14)20-8-6-18(24)7-9-20)23(29)26-19-5-3-4-16(11-19)17-12-22(28)25-13-17/h3-11,17H,12-13H2,1-2H3,(H,25,28)(H,26,29)/t17-/m1/s1. The summed E-state index contributed by atoms with van der Waals surface area (Å²) in [6.07, 6.45) is 0.468. The highest BCUT2D eigenvalue weighted by Gasteiger charge is 2.23. The Kier molecular flexibility index (Phi) is 4.92. The fourth-order valence-corrected chi connectivity index (χ4v) is 3.89. The normalized spacial score (nSPS) is 16.0. The van der Waals surface area contributed by atoms with E-state index < -0.39 is 0 Å². The number of aryl methyl sites for hydroxylation is 1. The highest BCUT2D eigenvalue weighted by Crippen LogP contribution is 2.26. The van der Waals surface area contributed by atoms with Crippen LogP contribution < -0.4 is 10.6 Å². The van der Waals surface area contributed by atoms with E-state index in [9.17, 15) is 14.0 Å². The molecule has 0 unspecified atom stereocenters. The van der Waals surface area contributed by atoms with E-state index in [2.05, 4.69) is 10.6 Å². The molecule has 3 aromatic rings. The van der Waals surface area contributed by atoms with Gasteiger partial charge in [0.2, 0.25) is 5.91 Å². The molecule has 0 bridgehead atoms. The molecular formula is C23H22FN3O2. The molecule has 0 saturated carbocycles. The van der Waals surface area contributed by atoms with Crippen LogP contribution in [-0.2, 0) is 4.79 Å². The average molecular weight is 391 g/mol. The van der Waals surface area contributed by atoms with Crippen LogP contribution in [0, 0.1) is 19.7 Å². The van der Waals surface area contributed by atoms with Crippen molar-refractivity contribution in [3.8, 4) is 5.69 Å². The lowest BCUT2D eigenvalue weighted by Gasteiger charge is -2.12. The summed E-state index contributed by atoms with van der Waals surface area (Å²) < 4.78 is 15.2. The summed E-state index contributed by atoms with van der Waals surface area (Å²) in [6.45, 7) is 4.41. The molecule has 1 aliphatic heterocycles. The van der Waals surface area contributed by atoms with Gasteiger partial charge < -0.3 is 15.2 Å². The van der Waals surface area contributed by atoms with Gasteiger partial charge in [0.05, 0.1) is 5.56 Å². The molecule has 2 amide bonds. The molecule has 148 valence electrons. The van der Waals surface area contributed by atoms with E-state index in [1.807, 2.05) is 48.7 Å². The Balaban J connectivity index is 1.57. The molecule has 5 nitrogen and oxygen atoms in total. The van der Waals surface area contributed by atoms with Gasteiger partial charge in [0.25, 0.3) is 5.91 Å². The number of amides is 2. The van der Waals surface area contributed by atoms with Crippen molar-refractivity contribution in [1.29, 1.82) is 0 Å². The molecule has 2 aromatic carbocycles.